The Balaban J connectivity index is 2.06. The Bertz CT molecular complexity index is 1450. The summed E-state index contributed by atoms with van der Waals surface area (Å²) in [5.74, 6) is -0.0236. The standard InChI is InChI=1S/C30H36ClN3O6S/c1-21(2)18-32-30(36)22(3)33(19-23-10-9-11-24(31)16-23)29(35)20-34(41(37,38)26-12-7-6-8-13-26)25-14-15-27(39-4)28(17-25)40-5/h6-17,21-22H,18-20H2,1-5H3,(H,32,36)/t22-/m0/s1. The lowest BCUT2D eigenvalue weighted by atomic mass is 10.1. The predicted molar refractivity (Wildman–Crippen MR) is 160 cm³/mol. The van der Waals surface area contributed by atoms with E-state index < -0.39 is 28.5 Å². The van der Waals surface area contributed by atoms with Gasteiger partial charge in [-0.25, -0.2) is 8.42 Å². The van der Waals surface area contributed by atoms with Gasteiger partial charge >= 0.3 is 0 Å². The zero-order valence-electron chi connectivity index (χ0n) is 23.8. The molecule has 11 heteroatoms. The lowest BCUT2D eigenvalue weighted by Gasteiger charge is -2.32. The smallest absolute Gasteiger partial charge is 0.264 e. The molecule has 0 aromatic heterocycles. The van der Waals surface area contributed by atoms with E-state index in [4.69, 9.17) is 21.1 Å². The fourth-order valence-electron chi connectivity index (χ4n) is 4.10. The van der Waals surface area contributed by atoms with Crippen LogP contribution in [0, 0.1) is 5.92 Å². The average molecular weight is 602 g/mol. The van der Waals surface area contributed by atoms with Crippen LogP contribution in [0.15, 0.2) is 77.7 Å². The molecule has 0 unspecified atom stereocenters. The highest BCUT2D eigenvalue weighted by molar-refractivity contribution is 7.92. The third-order valence-electron chi connectivity index (χ3n) is 6.36. The van der Waals surface area contributed by atoms with Crippen LogP contribution in [0.2, 0.25) is 5.02 Å². The SMILES string of the molecule is COc1ccc(N(CC(=O)N(Cc2cccc(Cl)c2)[C@@H](C)C(=O)NCC(C)C)S(=O)(=O)c2ccccc2)cc1OC. The van der Waals surface area contributed by atoms with E-state index in [-0.39, 0.29) is 29.0 Å². The molecule has 1 N–H and O–H groups in total. The minimum atomic E-state index is -4.21. The van der Waals surface area contributed by atoms with Crippen molar-refractivity contribution in [3.63, 3.8) is 0 Å². The number of hydrogen-bond acceptors (Lipinski definition) is 6. The monoisotopic (exact) mass is 601 g/mol. The van der Waals surface area contributed by atoms with Crippen molar-refractivity contribution in [2.75, 3.05) is 31.6 Å². The van der Waals surface area contributed by atoms with Gasteiger partial charge in [-0.15, -0.1) is 0 Å². The van der Waals surface area contributed by atoms with Gasteiger partial charge in [0.2, 0.25) is 11.8 Å². The van der Waals surface area contributed by atoms with Crippen molar-refractivity contribution >= 4 is 39.1 Å². The second-order valence-corrected chi connectivity index (χ2v) is 12.1. The van der Waals surface area contributed by atoms with Gasteiger partial charge in [0.1, 0.15) is 12.6 Å². The summed E-state index contributed by atoms with van der Waals surface area (Å²) in [5.41, 5.74) is 0.886. The highest BCUT2D eigenvalue weighted by Gasteiger charge is 2.33. The molecule has 3 aromatic carbocycles. The molecule has 0 radical (unpaired) electrons. The number of carbonyl (C=O) groups is 2. The summed E-state index contributed by atoms with van der Waals surface area (Å²) >= 11 is 6.19. The molecular formula is C30H36ClN3O6S. The van der Waals surface area contributed by atoms with Crippen molar-refractivity contribution in [1.29, 1.82) is 0 Å². The largest absolute Gasteiger partial charge is 0.493 e. The zero-order chi connectivity index (χ0) is 30.2. The number of methoxy groups -OCH3 is 2. The highest BCUT2D eigenvalue weighted by Crippen LogP contribution is 2.34. The van der Waals surface area contributed by atoms with Crippen LogP contribution in [0.4, 0.5) is 5.69 Å². The Hall–Kier alpha value is -3.76. The number of sulfonamides is 1. The van der Waals surface area contributed by atoms with Crippen LogP contribution >= 0.6 is 11.6 Å². The number of nitrogens with zero attached hydrogens (tertiary/aromatic N) is 2. The van der Waals surface area contributed by atoms with Crippen molar-refractivity contribution in [3.05, 3.63) is 83.4 Å². The summed E-state index contributed by atoms with van der Waals surface area (Å²) in [6.07, 6.45) is 0. The first-order valence-electron chi connectivity index (χ1n) is 13.1. The third-order valence-corrected chi connectivity index (χ3v) is 8.38. The van der Waals surface area contributed by atoms with Gasteiger partial charge in [0, 0.05) is 24.2 Å². The number of rotatable bonds is 13. The van der Waals surface area contributed by atoms with Crippen LogP contribution in [0.1, 0.15) is 26.3 Å². The van der Waals surface area contributed by atoms with Gasteiger partial charge in [-0.1, -0.05) is 55.8 Å². The fourth-order valence-corrected chi connectivity index (χ4v) is 5.74. The molecule has 0 aliphatic carbocycles. The lowest BCUT2D eigenvalue weighted by molar-refractivity contribution is -0.139. The molecule has 9 nitrogen and oxygen atoms in total. The number of nitrogens with one attached hydrogen (secondary N) is 1. The first-order chi connectivity index (χ1) is 19.5. The predicted octanol–water partition coefficient (Wildman–Crippen LogP) is 4.74. The van der Waals surface area contributed by atoms with Gasteiger partial charge < -0.3 is 19.7 Å². The molecule has 2 amide bonds. The summed E-state index contributed by atoms with van der Waals surface area (Å²) in [6.45, 7) is 5.45. The molecule has 3 aromatic rings. The minimum Gasteiger partial charge on any atom is -0.493 e. The quantitative estimate of drug-likeness (QED) is 0.303. The van der Waals surface area contributed by atoms with Crippen LogP contribution in [0.3, 0.4) is 0 Å². The summed E-state index contributed by atoms with van der Waals surface area (Å²) in [7, 11) is -1.30. The maximum absolute atomic E-state index is 14.0. The van der Waals surface area contributed by atoms with Gasteiger partial charge in [-0.2, -0.15) is 0 Å². The second-order valence-electron chi connectivity index (χ2n) is 9.83. The first kappa shape index (κ1) is 31.8. The molecule has 0 spiro atoms. The van der Waals surface area contributed by atoms with E-state index in [0.29, 0.717) is 28.6 Å². The van der Waals surface area contributed by atoms with Crippen LogP contribution in [0.5, 0.6) is 11.5 Å². The Morgan fingerprint density at radius 3 is 2.20 bits per heavy atom. The summed E-state index contributed by atoms with van der Waals surface area (Å²) in [6, 6.07) is 18.5. The third kappa shape index (κ3) is 8.14. The van der Waals surface area contributed by atoms with Crippen molar-refractivity contribution in [2.24, 2.45) is 5.92 Å². The number of hydrogen-bond donors (Lipinski definition) is 1. The van der Waals surface area contributed by atoms with E-state index in [2.05, 4.69) is 5.32 Å². The van der Waals surface area contributed by atoms with E-state index in [1.54, 1.807) is 55.5 Å². The molecule has 0 aliphatic heterocycles. The summed E-state index contributed by atoms with van der Waals surface area (Å²) in [5, 5.41) is 3.34. The van der Waals surface area contributed by atoms with Gasteiger partial charge in [0.25, 0.3) is 10.0 Å². The molecule has 0 saturated carbocycles. The van der Waals surface area contributed by atoms with Crippen molar-refractivity contribution < 1.29 is 27.5 Å². The number of anilines is 1. The molecule has 3 rings (SSSR count). The maximum atomic E-state index is 14.0. The fraction of sp³-hybridized carbons (Fsp3) is 0.333. The van der Waals surface area contributed by atoms with Gasteiger partial charge in [-0.3, -0.25) is 13.9 Å². The molecular weight excluding hydrogens is 566 g/mol. The van der Waals surface area contributed by atoms with Crippen LogP contribution in [0.25, 0.3) is 0 Å². The summed E-state index contributed by atoms with van der Waals surface area (Å²) < 4.78 is 39.5. The number of amides is 2. The Morgan fingerprint density at radius 2 is 1.59 bits per heavy atom. The maximum Gasteiger partial charge on any atom is 0.264 e. The number of halogens is 1. The molecule has 0 bridgehead atoms. The number of carbonyl (C=O) groups excluding carboxylic acids is 2. The Morgan fingerprint density at radius 1 is 0.902 bits per heavy atom. The van der Waals surface area contributed by atoms with Gasteiger partial charge in [0.15, 0.2) is 11.5 Å². The van der Waals surface area contributed by atoms with E-state index >= 15 is 0 Å². The molecule has 0 saturated heterocycles. The van der Waals surface area contributed by atoms with Crippen LogP contribution < -0.4 is 19.1 Å². The molecule has 0 fully saturated rings. The van der Waals surface area contributed by atoms with Crippen molar-refractivity contribution in [3.8, 4) is 11.5 Å². The zero-order valence-corrected chi connectivity index (χ0v) is 25.4. The average Bonchev–Trinajstić information content (AvgIpc) is 2.96. The second kappa shape index (κ2) is 14.2. The molecule has 0 aliphatic rings. The molecule has 0 heterocycles. The molecule has 1 atom stereocenters. The first-order valence-corrected chi connectivity index (χ1v) is 14.9. The Kier molecular flexibility index (Phi) is 11.0. The van der Waals surface area contributed by atoms with Gasteiger partial charge in [0.05, 0.1) is 24.8 Å². The van der Waals surface area contributed by atoms with E-state index in [0.717, 1.165) is 4.31 Å². The lowest BCUT2D eigenvalue weighted by Crippen LogP contribution is -2.51. The van der Waals surface area contributed by atoms with E-state index in [9.17, 15) is 18.0 Å². The van der Waals surface area contributed by atoms with Gasteiger partial charge in [-0.05, 0) is 54.8 Å². The Labute approximate surface area is 247 Å². The van der Waals surface area contributed by atoms with Crippen LogP contribution in [-0.2, 0) is 26.2 Å². The van der Waals surface area contributed by atoms with Crippen molar-refractivity contribution in [1.82, 2.24) is 10.2 Å². The highest BCUT2D eigenvalue weighted by atomic mass is 35.5. The van der Waals surface area contributed by atoms with Crippen LogP contribution in [-0.4, -0.2) is 58.5 Å². The van der Waals surface area contributed by atoms with E-state index in [1.165, 1.54) is 43.4 Å². The minimum absolute atomic E-state index is 0.00620. The molecule has 41 heavy (non-hydrogen) atoms. The number of ether oxygens (including phenoxy) is 2. The topological polar surface area (TPSA) is 105 Å². The normalized spacial score (nSPS) is 12.0. The molecule has 220 valence electrons. The number of benzene rings is 3. The summed E-state index contributed by atoms with van der Waals surface area (Å²) in [4.78, 5) is 28.5. The van der Waals surface area contributed by atoms with Crippen molar-refractivity contribution in [2.45, 2.75) is 38.3 Å². The van der Waals surface area contributed by atoms with E-state index in [1.807, 2.05) is 13.8 Å².